The SMILES string of the molecule is CCC1(c2ccccc2)NC(=O)N(CC(=O)Nc2sc3c(c2C#N)CCC(C(C)(C)CC)C3)C1=O. The fraction of sp³-hybridized carbons (Fsp3) is 0.481. The number of urea groups is 1. The lowest BCUT2D eigenvalue weighted by molar-refractivity contribution is -0.134. The molecule has 2 aliphatic rings. The van der Waals surface area contributed by atoms with Crippen LogP contribution in [0.15, 0.2) is 30.3 Å². The summed E-state index contributed by atoms with van der Waals surface area (Å²) in [6.45, 7) is 8.20. The van der Waals surface area contributed by atoms with E-state index in [0.717, 1.165) is 41.0 Å². The summed E-state index contributed by atoms with van der Waals surface area (Å²) in [6.07, 6.45) is 4.19. The van der Waals surface area contributed by atoms with Crippen molar-refractivity contribution in [3.05, 3.63) is 51.9 Å². The molecule has 2 N–H and O–H groups in total. The van der Waals surface area contributed by atoms with Crippen molar-refractivity contribution in [2.24, 2.45) is 11.3 Å². The Morgan fingerprint density at radius 2 is 2.00 bits per heavy atom. The van der Waals surface area contributed by atoms with Crippen LogP contribution in [0.5, 0.6) is 0 Å². The molecule has 1 fully saturated rings. The van der Waals surface area contributed by atoms with Crippen LogP contribution in [0.25, 0.3) is 0 Å². The number of carbonyl (C=O) groups excluding carboxylic acids is 3. The second-order valence-corrected chi connectivity index (χ2v) is 11.2. The largest absolute Gasteiger partial charge is 0.325 e. The highest BCUT2D eigenvalue weighted by molar-refractivity contribution is 7.16. The summed E-state index contributed by atoms with van der Waals surface area (Å²) in [5.74, 6) is -0.407. The minimum Gasteiger partial charge on any atom is -0.319 e. The minimum absolute atomic E-state index is 0.214. The van der Waals surface area contributed by atoms with Crippen molar-refractivity contribution in [3.8, 4) is 6.07 Å². The van der Waals surface area contributed by atoms with E-state index in [1.807, 2.05) is 25.1 Å². The van der Waals surface area contributed by atoms with Crippen LogP contribution in [0.1, 0.15) is 68.5 Å². The summed E-state index contributed by atoms with van der Waals surface area (Å²) in [7, 11) is 0. The van der Waals surface area contributed by atoms with Gasteiger partial charge in [-0.15, -0.1) is 11.3 Å². The maximum absolute atomic E-state index is 13.3. The van der Waals surface area contributed by atoms with E-state index in [0.29, 0.717) is 28.5 Å². The van der Waals surface area contributed by atoms with E-state index in [2.05, 4.69) is 37.5 Å². The van der Waals surface area contributed by atoms with Crippen molar-refractivity contribution < 1.29 is 14.4 Å². The average molecular weight is 493 g/mol. The number of anilines is 1. The van der Waals surface area contributed by atoms with Crippen molar-refractivity contribution in [3.63, 3.8) is 0 Å². The maximum Gasteiger partial charge on any atom is 0.325 e. The van der Waals surface area contributed by atoms with Gasteiger partial charge < -0.3 is 10.6 Å². The van der Waals surface area contributed by atoms with Crippen LogP contribution in [-0.4, -0.2) is 29.3 Å². The lowest BCUT2D eigenvalue weighted by Crippen LogP contribution is -2.44. The maximum atomic E-state index is 13.3. The van der Waals surface area contributed by atoms with E-state index in [4.69, 9.17) is 0 Å². The number of rotatable bonds is 7. The predicted octanol–water partition coefficient (Wildman–Crippen LogP) is 4.96. The van der Waals surface area contributed by atoms with E-state index in [9.17, 15) is 19.6 Å². The molecule has 0 spiro atoms. The van der Waals surface area contributed by atoms with Gasteiger partial charge in [0.15, 0.2) is 0 Å². The van der Waals surface area contributed by atoms with Gasteiger partial charge in [-0.05, 0) is 48.1 Å². The van der Waals surface area contributed by atoms with Crippen LogP contribution in [0.3, 0.4) is 0 Å². The Kier molecular flexibility index (Phi) is 6.74. The Bertz CT molecular complexity index is 1200. The normalized spacial score (nSPS) is 21.9. The molecule has 184 valence electrons. The monoisotopic (exact) mass is 492 g/mol. The molecule has 4 rings (SSSR count). The minimum atomic E-state index is -1.18. The van der Waals surface area contributed by atoms with Crippen LogP contribution < -0.4 is 10.6 Å². The zero-order chi connectivity index (χ0) is 25.4. The molecule has 1 aliphatic carbocycles. The molecule has 1 aromatic carbocycles. The molecular weight excluding hydrogens is 460 g/mol. The van der Waals surface area contributed by atoms with Crippen molar-refractivity contribution >= 4 is 34.2 Å². The summed E-state index contributed by atoms with van der Waals surface area (Å²) >= 11 is 1.45. The van der Waals surface area contributed by atoms with Crippen LogP contribution in [0, 0.1) is 22.7 Å². The Hall–Kier alpha value is -3.18. The van der Waals surface area contributed by atoms with E-state index in [-0.39, 0.29) is 5.41 Å². The molecule has 2 heterocycles. The third-order valence-electron chi connectivity index (χ3n) is 7.92. The molecule has 1 aliphatic heterocycles. The number of nitrogens with one attached hydrogen (secondary N) is 2. The Morgan fingerprint density at radius 1 is 1.29 bits per heavy atom. The Balaban J connectivity index is 1.51. The molecule has 4 amide bonds. The van der Waals surface area contributed by atoms with Gasteiger partial charge in [-0.25, -0.2) is 4.79 Å². The topological polar surface area (TPSA) is 102 Å². The molecule has 2 aromatic rings. The zero-order valence-corrected chi connectivity index (χ0v) is 21.6. The first-order chi connectivity index (χ1) is 16.7. The van der Waals surface area contributed by atoms with E-state index < -0.39 is 29.9 Å². The van der Waals surface area contributed by atoms with Gasteiger partial charge in [-0.1, -0.05) is 64.4 Å². The number of nitrogens with zero attached hydrogens (tertiary/aromatic N) is 2. The summed E-state index contributed by atoms with van der Waals surface area (Å²) < 4.78 is 0. The number of fused-ring (bicyclic) bond motifs is 1. The number of hydrogen-bond acceptors (Lipinski definition) is 5. The van der Waals surface area contributed by atoms with Crippen LogP contribution >= 0.6 is 11.3 Å². The molecule has 0 bridgehead atoms. The highest BCUT2D eigenvalue weighted by atomic mass is 32.1. The first-order valence-corrected chi connectivity index (χ1v) is 13.0. The molecule has 2 atom stereocenters. The fourth-order valence-corrected chi connectivity index (χ4v) is 6.48. The molecule has 35 heavy (non-hydrogen) atoms. The van der Waals surface area contributed by atoms with E-state index >= 15 is 0 Å². The van der Waals surface area contributed by atoms with Gasteiger partial charge in [-0.2, -0.15) is 5.26 Å². The first-order valence-electron chi connectivity index (χ1n) is 12.2. The van der Waals surface area contributed by atoms with Crippen molar-refractivity contribution in [1.82, 2.24) is 10.2 Å². The summed E-state index contributed by atoms with van der Waals surface area (Å²) in [5.41, 5.74) is 1.26. The molecule has 1 saturated heterocycles. The second-order valence-electron chi connectivity index (χ2n) is 10.1. The van der Waals surface area contributed by atoms with Gasteiger partial charge in [0.1, 0.15) is 23.2 Å². The van der Waals surface area contributed by atoms with E-state index in [1.165, 1.54) is 11.3 Å². The lowest BCUT2D eigenvalue weighted by Gasteiger charge is -2.36. The second kappa shape index (κ2) is 9.46. The quantitative estimate of drug-likeness (QED) is 0.534. The fourth-order valence-electron chi connectivity index (χ4n) is 5.19. The van der Waals surface area contributed by atoms with Crippen molar-refractivity contribution in [2.75, 3.05) is 11.9 Å². The molecule has 0 saturated carbocycles. The van der Waals surface area contributed by atoms with Crippen LogP contribution in [0.2, 0.25) is 0 Å². The van der Waals surface area contributed by atoms with Crippen LogP contribution in [0.4, 0.5) is 9.80 Å². The number of amides is 4. The molecule has 1 aromatic heterocycles. The highest BCUT2D eigenvalue weighted by Crippen LogP contribution is 2.45. The van der Waals surface area contributed by atoms with Crippen LogP contribution in [-0.2, 0) is 28.0 Å². The van der Waals surface area contributed by atoms with Gasteiger partial charge in [0.2, 0.25) is 5.91 Å². The third kappa shape index (κ3) is 4.34. The summed E-state index contributed by atoms with van der Waals surface area (Å²) in [4.78, 5) is 41.1. The number of hydrogen-bond donors (Lipinski definition) is 2. The van der Waals surface area contributed by atoms with Gasteiger partial charge >= 0.3 is 6.03 Å². The molecule has 8 heteroatoms. The van der Waals surface area contributed by atoms with Gasteiger partial charge in [0.05, 0.1) is 5.56 Å². The number of nitriles is 1. The molecule has 7 nitrogen and oxygen atoms in total. The molecule has 0 radical (unpaired) electrons. The smallest absolute Gasteiger partial charge is 0.319 e. The first kappa shape index (κ1) is 24.9. The highest BCUT2D eigenvalue weighted by Gasteiger charge is 2.51. The van der Waals surface area contributed by atoms with Gasteiger partial charge in [0.25, 0.3) is 5.91 Å². The van der Waals surface area contributed by atoms with E-state index in [1.54, 1.807) is 12.1 Å². The predicted molar refractivity (Wildman–Crippen MR) is 136 cm³/mol. The summed E-state index contributed by atoms with van der Waals surface area (Å²) in [5, 5.41) is 15.9. The Labute approximate surface area is 210 Å². The molecular formula is C27H32N4O3S. The number of carbonyl (C=O) groups is 3. The lowest BCUT2D eigenvalue weighted by atomic mass is 9.69. The van der Waals surface area contributed by atoms with Gasteiger partial charge in [0, 0.05) is 4.88 Å². The summed E-state index contributed by atoms with van der Waals surface area (Å²) in [6, 6.07) is 10.8. The number of benzene rings is 1. The van der Waals surface area contributed by atoms with Crippen molar-refractivity contribution in [1.29, 1.82) is 5.26 Å². The third-order valence-corrected chi connectivity index (χ3v) is 9.09. The van der Waals surface area contributed by atoms with Crippen molar-refractivity contribution in [2.45, 2.75) is 65.3 Å². The molecule has 2 unspecified atom stereocenters. The number of imide groups is 1. The average Bonchev–Trinajstić information content (AvgIpc) is 3.33. The Morgan fingerprint density at radius 3 is 2.63 bits per heavy atom. The van der Waals surface area contributed by atoms with Gasteiger partial charge in [-0.3, -0.25) is 14.5 Å². The standard InChI is InChI=1S/C27H32N4O3S/c1-5-26(3,4)18-12-13-19-20(15-28)23(35-21(19)14-18)29-22(32)16-31-24(33)27(6-2,30-25(31)34)17-10-8-7-9-11-17/h7-11,18H,5-6,12-14,16H2,1-4H3,(H,29,32)(H,30,34). The zero-order valence-electron chi connectivity index (χ0n) is 20.7. The number of thiophene rings is 1.